The van der Waals surface area contributed by atoms with Gasteiger partial charge in [-0.25, -0.2) is 4.98 Å². The smallest absolute Gasteiger partial charge is 0.383 e. The van der Waals surface area contributed by atoms with Crippen LogP contribution in [-0.2, 0) is 6.18 Å². The molecule has 0 amide bonds. The zero-order valence-corrected chi connectivity index (χ0v) is 14.6. The molecule has 7 heteroatoms. The SMILES string of the molecule is CC1CCC[C@H]1c1cc(-c2cnc(N)c(C(F)(F)F)c2)nn1C(C)C. The molecule has 2 aromatic heterocycles. The predicted octanol–water partition coefficient (Wildman–Crippen LogP) is 5.03. The average molecular weight is 352 g/mol. The van der Waals surface area contributed by atoms with Crippen LogP contribution < -0.4 is 5.73 Å². The fourth-order valence-electron chi connectivity index (χ4n) is 3.67. The maximum absolute atomic E-state index is 13.1. The minimum atomic E-state index is -4.53. The van der Waals surface area contributed by atoms with Crippen molar-refractivity contribution in [3.05, 3.63) is 29.6 Å². The van der Waals surface area contributed by atoms with E-state index in [2.05, 4.69) is 17.0 Å². The van der Waals surface area contributed by atoms with Crippen molar-refractivity contribution in [2.45, 2.75) is 58.2 Å². The van der Waals surface area contributed by atoms with Crippen molar-refractivity contribution in [3.8, 4) is 11.3 Å². The fourth-order valence-corrected chi connectivity index (χ4v) is 3.67. The Bertz CT molecular complexity index is 764. The van der Waals surface area contributed by atoms with Gasteiger partial charge in [-0.05, 0) is 38.3 Å². The molecule has 0 spiro atoms. The molecule has 0 radical (unpaired) electrons. The Kier molecular flexibility index (Phi) is 4.51. The van der Waals surface area contributed by atoms with Gasteiger partial charge in [0.05, 0.1) is 11.3 Å². The van der Waals surface area contributed by atoms with Crippen LogP contribution in [0.5, 0.6) is 0 Å². The van der Waals surface area contributed by atoms with Crippen LogP contribution in [0.4, 0.5) is 19.0 Å². The minimum absolute atomic E-state index is 0.139. The summed E-state index contributed by atoms with van der Waals surface area (Å²) in [7, 11) is 0. The van der Waals surface area contributed by atoms with Gasteiger partial charge in [-0.1, -0.05) is 19.8 Å². The van der Waals surface area contributed by atoms with Crippen molar-refractivity contribution < 1.29 is 13.2 Å². The molecule has 2 aromatic rings. The number of anilines is 1. The molecule has 1 unspecified atom stereocenters. The van der Waals surface area contributed by atoms with Crippen molar-refractivity contribution in [1.82, 2.24) is 14.8 Å². The van der Waals surface area contributed by atoms with Gasteiger partial charge in [0.2, 0.25) is 0 Å². The molecule has 2 atom stereocenters. The molecule has 1 fully saturated rings. The van der Waals surface area contributed by atoms with Crippen molar-refractivity contribution >= 4 is 5.82 Å². The Morgan fingerprint density at radius 3 is 2.52 bits per heavy atom. The molecule has 0 saturated heterocycles. The van der Waals surface area contributed by atoms with Crippen LogP contribution in [0.2, 0.25) is 0 Å². The molecule has 25 heavy (non-hydrogen) atoms. The molecular formula is C18H23F3N4. The molecule has 2 N–H and O–H groups in total. The Labute approximate surface area is 145 Å². The molecule has 136 valence electrons. The van der Waals surface area contributed by atoms with E-state index in [4.69, 9.17) is 5.73 Å². The summed E-state index contributed by atoms with van der Waals surface area (Å²) in [5.74, 6) is 0.439. The summed E-state index contributed by atoms with van der Waals surface area (Å²) in [4.78, 5) is 3.73. The van der Waals surface area contributed by atoms with Crippen molar-refractivity contribution in [3.63, 3.8) is 0 Å². The van der Waals surface area contributed by atoms with Crippen LogP contribution in [0.15, 0.2) is 18.3 Å². The zero-order chi connectivity index (χ0) is 18.4. The third kappa shape index (κ3) is 3.37. The van der Waals surface area contributed by atoms with Crippen LogP contribution in [0, 0.1) is 5.92 Å². The van der Waals surface area contributed by atoms with Crippen LogP contribution in [-0.4, -0.2) is 14.8 Å². The van der Waals surface area contributed by atoms with Crippen LogP contribution in [0.1, 0.15) is 63.3 Å². The Morgan fingerprint density at radius 1 is 1.24 bits per heavy atom. The summed E-state index contributed by atoms with van der Waals surface area (Å²) < 4.78 is 41.3. The first-order chi connectivity index (χ1) is 11.7. The van der Waals surface area contributed by atoms with Gasteiger partial charge in [0, 0.05) is 29.4 Å². The summed E-state index contributed by atoms with van der Waals surface area (Å²) in [5.41, 5.74) is 6.43. The Hall–Kier alpha value is -2.05. The molecule has 2 heterocycles. The Balaban J connectivity index is 2.07. The molecular weight excluding hydrogens is 329 g/mol. The van der Waals surface area contributed by atoms with E-state index >= 15 is 0 Å². The maximum atomic E-state index is 13.1. The fraction of sp³-hybridized carbons (Fsp3) is 0.556. The van der Waals surface area contributed by atoms with E-state index in [0.29, 0.717) is 23.1 Å². The number of nitrogen functional groups attached to an aromatic ring is 1. The third-order valence-electron chi connectivity index (χ3n) is 5.01. The first kappa shape index (κ1) is 17.8. The second-order valence-corrected chi connectivity index (χ2v) is 7.16. The number of nitrogens with two attached hydrogens (primary N) is 1. The highest BCUT2D eigenvalue weighted by atomic mass is 19.4. The molecule has 0 aromatic carbocycles. The second-order valence-electron chi connectivity index (χ2n) is 7.16. The Morgan fingerprint density at radius 2 is 1.96 bits per heavy atom. The average Bonchev–Trinajstić information content (AvgIpc) is 3.12. The van der Waals surface area contributed by atoms with Gasteiger partial charge in [0.15, 0.2) is 0 Å². The number of pyridine rings is 1. The number of halogens is 3. The maximum Gasteiger partial charge on any atom is 0.419 e. The van der Waals surface area contributed by atoms with Gasteiger partial charge in [0.25, 0.3) is 0 Å². The largest absolute Gasteiger partial charge is 0.419 e. The van der Waals surface area contributed by atoms with Gasteiger partial charge >= 0.3 is 6.18 Å². The lowest BCUT2D eigenvalue weighted by Crippen LogP contribution is -2.13. The van der Waals surface area contributed by atoms with Crippen LogP contribution in [0.25, 0.3) is 11.3 Å². The number of rotatable bonds is 3. The number of nitrogens with zero attached hydrogens (tertiary/aromatic N) is 3. The topological polar surface area (TPSA) is 56.7 Å². The summed E-state index contributed by atoms with van der Waals surface area (Å²) in [6.45, 7) is 6.28. The van der Waals surface area contributed by atoms with Gasteiger partial charge in [0.1, 0.15) is 5.82 Å². The highest BCUT2D eigenvalue weighted by Crippen LogP contribution is 2.41. The monoisotopic (exact) mass is 352 g/mol. The lowest BCUT2D eigenvalue weighted by Gasteiger charge is -2.19. The van der Waals surface area contributed by atoms with E-state index in [-0.39, 0.29) is 6.04 Å². The van der Waals surface area contributed by atoms with Gasteiger partial charge < -0.3 is 5.73 Å². The third-order valence-corrected chi connectivity index (χ3v) is 5.01. The second kappa shape index (κ2) is 6.35. The van der Waals surface area contributed by atoms with Crippen LogP contribution in [0.3, 0.4) is 0 Å². The molecule has 1 saturated carbocycles. The van der Waals surface area contributed by atoms with Crippen molar-refractivity contribution in [2.24, 2.45) is 5.92 Å². The molecule has 1 aliphatic rings. The summed E-state index contributed by atoms with van der Waals surface area (Å²) in [5, 5.41) is 4.58. The molecule has 3 rings (SSSR count). The van der Waals surface area contributed by atoms with Crippen molar-refractivity contribution in [1.29, 1.82) is 0 Å². The highest BCUT2D eigenvalue weighted by Gasteiger charge is 2.35. The summed E-state index contributed by atoms with van der Waals surface area (Å²) in [6, 6.07) is 3.09. The first-order valence-corrected chi connectivity index (χ1v) is 8.61. The van der Waals surface area contributed by atoms with Gasteiger partial charge in [-0.3, -0.25) is 4.68 Å². The van der Waals surface area contributed by atoms with E-state index in [1.165, 1.54) is 19.0 Å². The normalized spacial score (nSPS) is 21.2. The predicted molar refractivity (Wildman–Crippen MR) is 91.0 cm³/mol. The number of hydrogen-bond acceptors (Lipinski definition) is 3. The van der Waals surface area contributed by atoms with Crippen molar-refractivity contribution in [2.75, 3.05) is 5.73 Å². The molecule has 1 aliphatic carbocycles. The van der Waals surface area contributed by atoms with E-state index in [9.17, 15) is 13.2 Å². The van der Waals surface area contributed by atoms with E-state index in [1.54, 1.807) is 0 Å². The number of hydrogen-bond donors (Lipinski definition) is 1. The first-order valence-electron chi connectivity index (χ1n) is 8.61. The number of alkyl halides is 3. The van der Waals surface area contributed by atoms with Gasteiger partial charge in [-0.15, -0.1) is 0 Å². The van der Waals surface area contributed by atoms with Crippen LogP contribution >= 0.6 is 0 Å². The summed E-state index contributed by atoms with van der Waals surface area (Å²) in [6.07, 6.45) is 0.264. The number of aromatic nitrogens is 3. The van der Waals surface area contributed by atoms with E-state index in [0.717, 1.165) is 18.2 Å². The molecule has 0 bridgehead atoms. The highest BCUT2D eigenvalue weighted by molar-refractivity contribution is 5.62. The van der Waals surface area contributed by atoms with E-state index in [1.807, 2.05) is 24.6 Å². The lowest BCUT2D eigenvalue weighted by molar-refractivity contribution is -0.137. The summed E-state index contributed by atoms with van der Waals surface area (Å²) >= 11 is 0. The molecule has 4 nitrogen and oxygen atoms in total. The zero-order valence-electron chi connectivity index (χ0n) is 14.6. The van der Waals surface area contributed by atoms with Gasteiger partial charge in [-0.2, -0.15) is 18.3 Å². The lowest BCUT2D eigenvalue weighted by atomic mass is 9.93. The minimum Gasteiger partial charge on any atom is -0.383 e. The standard InChI is InChI=1S/C18H23F3N4/c1-10(2)25-16(13-6-4-5-11(13)3)8-15(24-25)12-7-14(18(19,20)21)17(22)23-9-12/h7-11,13H,4-6H2,1-3H3,(H2,22,23)/t11?,13-/m1/s1. The molecule has 0 aliphatic heterocycles. The van der Waals surface area contributed by atoms with E-state index < -0.39 is 17.6 Å². The quantitative estimate of drug-likeness (QED) is 0.843.